The fourth-order valence-corrected chi connectivity index (χ4v) is 0.0577. The Morgan fingerprint density at radius 3 is 1.42 bits per heavy atom. The second-order valence-electron chi connectivity index (χ2n) is 1.49. The van der Waals surface area contributed by atoms with Gasteiger partial charge >= 0.3 is 22.4 Å². The molecule has 7 nitrogen and oxygen atoms in total. The Morgan fingerprint density at radius 2 is 1.42 bits per heavy atom. The smallest absolute Gasteiger partial charge is 0.790 e. The number of phosphoric acid groups is 1. The van der Waals surface area contributed by atoms with E-state index < -0.39 is 13.9 Å². The van der Waals surface area contributed by atoms with E-state index in [-0.39, 0.29) is 35.6 Å². The molecule has 0 fully saturated rings. The number of rotatable bonds is 2. The van der Waals surface area contributed by atoms with E-state index in [1.807, 2.05) is 0 Å². The first kappa shape index (κ1) is 18.5. The van der Waals surface area contributed by atoms with E-state index >= 15 is 0 Å². The van der Waals surface area contributed by atoms with E-state index in [4.69, 9.17) is 34.6 Å². The zero-order valence-corrected chi connectivity index (χ0v) is 8.13. The molecule has 0 aliphatic carbocycles. The summed E-state index contributed by atoms with van der Waals surface area (Å²) in [6.07, 6.45) is -0.954. The van der Waals surface area contributed by atoms with Gasteiger partial charge in [0.1, 0.15) is 6.10 Å². The molecule has 1 radical (unpaired) electrons. The van der Waals surface area contributed by atoms with Crippen LogP contribution in [-0.4, -0.2) is 39.5 Å². The van der Waals surface area contributed by atoms with Crippen molar-refractivity contribution in [3.05, 3.63) is 0 Å². The first-order valence-electron chi connectivity index (χ1n) is 2.45. The number of hydrogen-bond acceptors (Lipinski definition) is 6. The van der Waals surface area contributed by atoms with Gasteiger partial charge in [0.2, 0.25) is 0 Å². The van der Waals surface area contributed by atoms with Crippen LogP contribution in [0.1, 0.15) is 0 Å². The Kier molecular flexibility index (Phi) is 15.1. The summed E-state index contributed by atoms with van der Waals surface area (Å²) < 4.78 is 8.66. The molecular formula is C3H9AgO7P. The molecular weight excluding hydrogens is 287 g/mol. The van der Waals surface area contributed by atoms with E-state index in [0.717, 1.165) is 0 Å². The Hall–Kier alpha value is 0.730. The summed E-state index contributed by atoms with van der Waals surface area (Å²) in [5.74, 6) is 0. The van der Waals surface area contributed by atoms with Gasteiger partial charge in [-0.2, -0.15) is 0 Å². The van der Waals surface area contributed by atoms with Gasteiger partial charge in [-0.25, -0.2) is 0 Å². The van der Waals surface area contributed by atoms with Gasteiger partial charge < -0.3 is 34.6 Å². The van der Waals surface area contributed by atoms with Crippen molar-refractivity contribution >= 4 is 7.82 Å². The molecule has 0 bridgehead atoms. The third kappa shape index (κ3) is 45.4. The summed E-state index contributed by atoms with van der Waals surface area (Å²) >= 11 is 0. The van der Waals surface area contributed by atoms with Crippen molar-refractivity contribution in [3.63, 3.8) is 0 Å². The minimum absolute atomic E-state index is 0. The zero-order chi connectivity index (χ0) is 9.49. The van der Waals surface area contributed by atoms with Gasteiger partial charge in [-0.3, -0.25) is 0 Å². The largest absolute Gasteiger partial charge is 2.00 e. The van der Waals surface area contributed by atoms with Crippen molar-refractivity contribution < 1.29 is 56.9 Å². The SMILES string of the molecule is O=P([O-])([O-])O.OCC(O)CO.[Ag+2]. The molecule has 79 valence electrons. The number of aliphatic hydroxyl groups is 3. The van der Waals surface area contributed by atoms with Gasteiger partial charge in [0.05, 0.1) is 21.0 Å². The number of hydrogen-bond donors (Lipinski definition) is 4. The molecule has 0 aliphatic heterocycles. The Balaban J connectivity index is -0.000000126. The molecule has 0 unspecified atom stereocenters. The van der Waals surface area contributed by atoms with Crippen LogP contribution in [0.4, 0.5) is 0 Å². The fourth-order valence-electron chi connectivity index (χ4n) is 0.0577. The number of aliphatic hydroxyl groups excluding tert-OH is 3. The van der Waals surface area contributed by atoms with E-state index in [1.54, 1.807) is 0 Å². The van der Waals surface area contributed by atoms with Crippen molar-refractivity contribution in [2.75, 3.05) is 13.2 Å². The van der Waals surface area contributed by atoms with Gasteiger partial charge in [-0.15, -0.1) is 0 Å². The van der Waals surface area contributed by atoms with Crippen LogP contribution in [-0.2, 0) is 26.9 Å². The van der Waals surface area contributed by atoms with Crippen molar-refractivity contribution in [1.29, 1.82) is 0 Å². The van der Waals surface area contributed by atoms with Crippen LogP contribution in [0.2, 0.25) is 0 Å². The Morgan fingerprint density at radius 1 is 1.25 bits per heavy atom. The van der Waals surface area contributed by atoms with E-state index in [2.05, 4.69) is 0 Å². The van der Waals surface area contributed by atoms with Crippen LogP contribution in [0.25, 0.3) is 0 Å². The molecule has 4 N–H and O–H groups in total. The molecule has 0 saturated heterocycles. The van der Waals surface area contributed by atoms with E-state index in [9.17, 15) is 0 Å². The molecule has 0 saturated carbocycles. The van der Waals surface area contributed by atoms with Crippen molar-refractivity contribution in [1.82, 2.24) is 0 Å². The average Bonchev–Trinajstić information content (AvgIpc) is 1.83. The van der Waals surface area contributed by atoms with E-state index in [0.29, 0.717) is 0 Å². The van der Waals surface area contributed by atoms with Crippen LogP contribution >= 0.6 is 7.82 Å². The molecule has 0 aromatic heterocycles. The topological polar surface area (TPSA) is 144 Å². The molecule has 12 heavy (non-hydrogen) atoms. The third-order valence-electron chi connectivity index (χ3n) is 0.421. The zero-order valence-electron chi connectivity index (χ0n) is 5.75. The summed E-state index contributed by atoms with van der Waals surface area (Å²) in [5.41, 5.74) is 0. The Labute approximate surface area is 84.4 Å². The van der Waals surface area contributed by atoms with Gasteiger partial charge in [0, 0.05) is 0 Å². The predicted molar refractivity (Wildman–Crippen MR) is 30.0 cm³/mol. The van der Waals surface area contributed by atoms with Crippen molar-refractivity contribution in [3.8, 4) is 0 Å². The molecule has 0 atom stereocenters. The quantitative estimate of drug-likeness (QED) is 0.301. The van der Waals surface area contributed by atoms with E-state index in [1.165, 1.54) is 0 Å². The normalized spacial score (nSPS) is 9.92. The fraction of sp³-hybridized carbons (Fsp3) is 1.00. The average molecular weight is 296 g/mol. The van der Waals surface area contributed by atoms with Crippen molar-refractivity contribution in [2.45, 2.75) is 6.10 Å². The minimum atomic E-state index is -5.14. The molecule has 0 spiro atoms. The van der Waals surface area contributed by atoms with Crippen LogP contribution in [0.15, 0.2) is 0 Å². The summed E-state index contributed by atoms with van der Waals surface area (Å²) in [6.45, 7) is -0.729. The summed E-state index contributed by atoms with van der Waals surface area (Å²) in [4.78, 5) is 24.3. The molecule has 0 rings (SSSR count). The monoisotopic (exact) mass is 295 g/mol. The maximum absolute atomic E-state index is 8.66. The van der Waals surface area contributed by atoms with Crippen LogP contribution in [0.5, 0.6) is 0 Å². The second kappa shape index (κ2) is 9.82. The van der Waals surface area contributed by atoms with Gasteiger partial charge in [-0.05, 0) is 0 Å². The van der Waals surface area contributed by atoms with Gasteiger partial charge in [0.15, 0.2) is 0 Å². The summed E-state index contributed by atoms with van der Waals surface area (Å²) in [6, 6.07) is 0. The standard InChI is InChI=1S/C3H8O3.Ag.H3O4P/c4-1-3(6)2-5;;1-5(2,3)4/h3-6H,1-2H2;;(H3,1,2,3,4)/q;+2;/p-2. The van der Waals surface area contributed by atoms with Crippen LogP contribution < -0.4 is 9.79 Å². The van der Waals surface area contributed by atoms with Crippen molar-refractivity contribution in [2.24, 2.45) is 0 Å². The molecule has 0 aromatic carbocycles. The molecule has 9 heteroatoms. The Bertz CT molecular complexity index is 112. The summed E-state index contributed by atoms with van der Waals surface area (Å²) in [7, 11) is -5.14. The molecule has 0 heterocycles. The minimum Gasteiger partial charge on any atom is -0.790 e. The third-order valence-corrected chi connectivity index (χ3v) is 0.421. The predicted octanol–water partition coefficient (Wildman–Crippen LogP) is -3.86. The van der Waals surface area contributed by atoms with Gasteiger partial charge in [0.25, 0.3) is 0 Å². The maximum atomic E-state index is 8.66. The maximum Gasteiger partial charge on any atom is 2.00 e. The van der Waals surface area contributed by atoms with Gasteiger partial charge in [-0.1, -0.05) is 0 Å². The molecule has 0 amide bonds. The second-order valence-corrected chi connectivity index (χ2v) is 2.42. The first-order chi connectivity index (χ1) is 4.81. The van der Waals surface area contributed by atoms with Crippen LogP contribution in [0, 0.1) is 0 Å². The molecule has 0 aliphatic rings. The summed E-state index contributed by atoms with van der Waals surface area (Å²) in [5, 5.41) is 24.0. The van der Waals surface area contributed by atoms with Crippen LogP contribution in [0.3, 0.4) is 0 Å². The molecule has 0 aromatic rings. The first-order valence-corrected chi connectivity index (χ1v) is 3.95.